The number of hydrogen-bond acceptors (Lipinski definition) is 7. The highest BCUT2D eigenvalue weighted by atomic mass is 16.5. The number of ether oxygens (including phenoxy) is 2. The summed E-state index contributed by atoms with van der Waals surface area (Å²) in [6, 6.07) is 9.48. The summed E-state index contributed by atoms with van der Waals surface area (Å²) in [5, 5.41) is 11.5. The highest BCUT2D eigenvalue weighted by molar-refractivity contribution is 6.10. The molecule has 8 nitrogen and oxygen atoms in total. The molecule has 5 rings (SSSR count). The molecule has 4 heterocycles. The minimum Gasteiger partial charge on any atom is -0.481 e. The minimum absolute atomic E-state index is 0.0780. The number of hydrogen-bond donors (Lipinski definition) is 1. The number of amides is 1. The van der Waals surface area contributed by atoms with Gasteiger partial charge in [-0.1, -0.05) is 12.1 Å². The third-order valence-corrected chi connectivity index (χ3v) is 6.28. The Bertz CT molecular complexity index is 1150. The van der Waals surface area contributed by atoms with Gasteiger partial charge in [-0.3, -0.25) is 9.78 Å². The van der Waals surface area contributed by atoms with E-state index in [-0.39, 0.29) is 18.6 Å². The Balaban J connectivity index is 1.58. The molecule has 0 aliphatic carbocycles. The van der Waals surface area contributed by atoms with Crippen molar-refractivity contribution in [2.24, 2.45) is 0 Å². The Morgan fingerprint density at radius 1 is 1.28 bits per heavy atom. The molecule has 0 saturated carbocycles. The number of carbonyl (C=O) groups is 1. The topological polar surface area (TPSA) is 88.0 Å². The third-order valence-electron chi connectivity index (χ3n) is 6.28. The molecule has 2 aliphatic heterocycles. The lowest BCUT2D eigenvalue weighted by atomic mass is 9.94. The number of aliphatic hydroxyl groups is 1. The van der Waals surface area contributed by atoms with Crippen LogP contribution in [-0.2, 0) is 11.2 Å². The van der Waals surface area contributed by atoms with Crippen LogP contribution in [0.15, 0.2) is 42.7 Å². The summed E-state index contributed by atoms with van der Waals surface area (Å²) in [5.41, 5.74) is 4.28. The van der Waals surface area contributed by atoms with Crippen molar-refractivity contribution in [3.8, 4) is 5.88 Å². The molecule has 0 bridgehead atoms. The molecule has 8 heteroatoms. The van der Waals surface area contributed by atoms with Gasteiger partial charge in [-0.05, 0) is 36.1 Å². The smallest absolute Gasteiger partial charge is 0.257 e. The van der Waals surface area contributed by atoms with E-state index in [4.69, 9.17) is 9.47 Å². The second-order valence-electron chi connectivity index (χ2n) is 8.33. The first-order valence-electron chi connectivity index (χ1n) is 10.7. The molecule has 1 fully saturated rings. The molecule has 0 unspecified atom stereocenters. The van der Waals surface area contributed by atoms with Gasteiger partial charge in [0, 0.05) is 37.5 Å². The molecule has 32 heavy (non-hydrogen) atoms. The number of anilines is 1. The van der Waals surface area contributed by atoms with Crippen LogP contribution in [0.1, 0.15) is 27.9 Å². The monoisotopic (exact) mass is 434 g/mol. The summed E-state index contributed by atoms with van der Waals surface area (Å²) in [6.45, 7) is 1.19. The van der Waals surface area contributed by atoms with E-state index in [9.17, 15) is 9.90 Å². The fourth-order valence-corrected chi connectivity index (χ4v) is 4.70. The molecule has 3 aromatic rings. The summed E-state index contributed by atoms with van der Waals surface area (Å²) in [4.78, 5) is 26.4. The van der Waals surface area contributed by atoms with Crippen LogP contribution >= 0.6 is 0 Å². The van der Waals surface area contributed by atoms with Gasteiger partial charge in [0.1, 0.15) is 0 Å². The molecular weight excluding hydrogens is 408 g/mol. The van der Waals surface area contributed by atoms with Gasteiger partial charge in [-0.2, -0.15) is 0 Å². The first-order valence-corrected chi connectivity index (χ1v) is 10.7. The summed E-state index contributed by atoms with van der Waals surface area (Å²) < 4.78 is 10.5. The van der Waals surface area contributed by atoms with Crippen molar-refractivity contribution < 1.29 is 19.4 Å². The third kappa shape index (κ3) is 3.55. The minimum atomic E-state index is -0.689. The van der Waals surface area contributed by atoms with E-state index in [1.165, 1.54) is 0 Å². The van der Waals surface area contributed by atoms with E-state index in [0.29, 0.717) is 37.6 Å². The van der Waals surface area contributed by atoms with E-state index in [1.807, 2.05) is 42.3 Å². The van der Waals surface area contributed by atoms with Crippen LogP contribution in [0.3, 0.4) is 0 Å². The lowest BCUT2D eigenvalue weighted by Crippen LogP contribution is -2.56. The number of fused-ring (bicyclic) bond motifs is 3. The maximum absolute atomic E-state index is 13.6. The molecule has 1 N–H and O–H groups in total. The summed E-state index contributed by atoms with van der Waals surface area (Å²) >= 11 is 0. The summed E-state index contributed by atoms with van der Waals surface area (Å²) in [7, 11) is 3.55. The maximum atomic E-state index is 13.6. The van der Waals surface area contributed by atoms with E-state index in [1.54, 1.807) is 24.4 Å². The molecule has 0 spiro atoms. The van der Waals surface area contributed by atoms with E-state index >= 15 is 0 Å². The molecule has 1 amide bonds. The SMILES string of the molecule is COc1ccc(Cc2cc3c(c4ncccc24)N(C)CN([C@H]2CCOC[C@@H]2O)C3=O)cn1. The van der Waals surface area contributed by atoms with Crippen molar-refractivity contribution in [2.45, 2.75) is 25.0 Å². The van der Waals surface area contributed by atoms with Crippen molar-refractivity contribution in [3.63, 3.8) is 0 Å². The van der Waals surface area contributed by atoms with E-state index < -0.39 is 6.10 Å². The zero-order valence-corrected chi connectivity index (χ0v) is 18.2. The van der Waals surface area contributed by atoms with Crippen molar-refractivity contribution in [2.75, 3.05) is 38.9 Å². The molecule has 166 valence electrons. The van der Waals surface area contributed by atoms with Crippen LogP contribution in [0, 0.1) is 0 Å². The number of benzene rings is 1. The first-order chi connectivity index (χ1) is 15.6. The van der Waals surface area contributed by atoms with Crippen molar-refractivity contribution in [1.29, 1.82) is 0 Å². The molecular formula is C24H26N4O4. The number of methoxy groups -OCH3 is 1. The largest absolute Gasteiger partial charge is 0.481 e. The van der Waals surface area contributed by atoms with Gasteiger partial charge in [0.25, 0.3) is 5.91 Å². The summed E-state index contributed by atoms with van der Waals surface area (Å²) in [6.07, 6.45) is 4.09. The number of rotatable bonds is 4. The van der Waals surface area contributed by atoms with Crippen molar-refractivity contribution in [1.82, 2.24) is 14.9 Å². The van der Waals surface area contributed by atoms with Crippen molar-refractivity contribution >= 4 is 22.5 Å². The standard InChI is InChI=1S/C24H26N4O4/c1-27-14-28(19-7-9-32-13-20(19)29)24(30)18-11-16(10-15-5-6-21(31-2)26-12-15)17-4-3-8-25-22(17)23(18)27/h3-6,8,11-12,19-20,29H,7,9-10,13-14H2,1-2H3/t19-,20-/m0/s1. The number of aromatic nitrogens is 2. The average molecular weight is 434 g/mol. The Hall–Kier alpha value is -3.23. The van der Waals surface area contributed by atoms with Gasteiger partial charge in [0.15, 0.2) is 0 Å². The molecule has 2 aliphatic rings. The second-order valence-corrected chi connectivity index (χ2v) is 8.33. The van der Waals surface area contributed by atoms with E-state index in [0.717, 1.165) is 27.7 Å². The molecule has 1 saturated heterocycles. The normalized spacial score (nSPS) is 21.0. The van der Waals surface area contributed by atoms with Gasteiger partial charge < -0.3 is 24.4 Å². The summed E-state index contributed by atoms with van der Waals surface area (Å²) in [5.74, 6) is 0.485. The first kappa shape index (κ1) is 20.7. The van der Waals surface area contributed by atoms with Crippen LogP contribution in [-0.4, -0.2) is 72.1 Å². The zero-order chi connectivity index (χ0) is 22.2. The zero-order valence-electron chi connectivity index (χ0n) is 18.2. The Morgan fingerprint density at radius 2 is 2.16 bits per heavy atom. The number of pyridine rings is 2. The highest BCUT2D eigenvalue weighted by Crippen LogP contribution is 2.37. The van der Waals surface area contributed by atoms with Crippen molar-refractivity contribution in [3.05, 3.63) is 59.4 Å². The van der Waals surface area contributed by atoms with Crippen LogP contribution in [0.5, 0.6) is 5.88 Å². The second kappa shape index (κ2) is 8.37. The van der Waals surface area contributed by atoms with Crippen LogP contribution < -0.4 is 9.64 Å². The predicted octanol–water partition coefficient (Wildman–Crippen LogP) is 2.23. The molecule has 0 radical (unpaired) electrons. The average Bonchev–Trinajstić information content (AvgIpc) is 2.82. The molecule has 2 atom stereocenters. The number of aliphatic hydroxyl groups excluding tert-OH is 1. The number of carbonyl (C=O) groups excluding carboxylic acids is 1. The lowest BCUT2D eigenvalue weighted by molar-refractivity contribution is -0.0575. The Kier molecular flexibility index (Phi) is 5.40. The van der Waals surface area contributed by atoms with Gasteiger partial charge in [0.2, 0.25) is 5.88 Å². The Labute approximate surface area is 186 Å². The number of nitrogens with zero attached hydrogens (tertiary/aromatic N) is 4. The fourth-order valence-electron chi connectivity index (χ4n) is 4.70. The predicted molar refractivity (Wildman–Crippen MR) is 120 cm³/mol. The van der Waals surface area contributed by atoms with Crippen LogP contribution in [0.2, 0.25) is 0 Å². The highest BCUT2D eigenvalue weighted by Gasteiger charge is 2.38. The van der Waals surface area contributed by atoms with Gasteiger partial charge in [0.05, 0.1) is 49.3 Å². The van der Waals surface area contributed by atoms with Crippen LogP contribution in [0.4, 0.5) is 5.69 Å². The quantitative estimate of drug-likeness (QED) is 0.674. The molecule has 2 aromatic heterocycles. The van der Waals surface area contributed by atoms with Crippen LogP contribution in [0.25, 0.3) is 10.9 Å². The maximum Gasteiger partial charge on any atom is 0.257 e. The fraction of sp³-hybridized carbons (Fsp3) is 0.375. The lowest BCUT2D eigenvalue weighted by Gasteiger charge is -2.43. The van der Waals surface area contributed by atoms with E-state index in [2.05, 4.69) is 9.97 Å². The van der Waals surface area contributed by atoms with Gasteiger partial charge in [-0.15, -0.1) is 0 Å². The molecule has 1 aromatic carbocycles. The van der Waals surface area contributed by atoms with Gasteiger partial charge >= 0.3 is 0 Å². The van der Waals surface area contributed by atoms with Gasteiger partial charge in [-0.25, -0.2) is 4.98 Å². The Morgan fingerprint density at radius 3 is 2.91 bits per heavy atom.